The van der Waals surface area contributed by atoms with Gasteiger partial charge in [0.2, 0.25) is 0 Å². The van der Waals surface area contributed by atoms with E-state index in [1.807, 2.05) is 30.3 Å². The molecule has 0 atom stereocenters. The van der Waals surface area contributed by atoms with Crippen molar-refractivity contribution in [2.45, 2.75) is 13.0 Å². The second kappa shape index (κ2) is 7.30. The monoisotopic (exact) mass is 357 g/mol. The van der Waals surface area contributed by atoms with Crippen LogP contribution in [-0.4, -0.2) is 6.54 Å². The van der Waals surface area contributed by atoms with E-state index in [0.29, 0.717) is 5.02 Å². The van der Waals surface area contributed by atoms with Gasteiger partial charge in [-0.3, -0.25) is 0 Å². The molecule has 4 heteroatoms. The van der Waals surface area contributed by atoms with Crippen LogP contribution in [0.25, 0.3) is 0 Å². The Kier molecular flexibility index (Phi) is 5.71. The molecule has 0 heterocycles. The Labute approximate surface area is 132 Å². The van der Waals surface area contributed by atoms with Crippen LogP contribution in [0.3, 0.4) is 0 Å². The van der Waals surface area contributed by atoms with Crippen LogP contribution in [0.1, 0.15) is 11.1 Å². The van der Waals surface area contributed by atoms with Gasteiger partial charge in [0.05, 0.1) is 0 Å². The van der Waals surface area contributed by atoms with Crippen molar-refractivity contribution in [1.29, 1.82) is 0 Å². The summed E-state index contributed by atoms with van der Waals surface area (Å²) in [5.74, 6) is 0. The minimum Gasteiger partial charge on any atom is -0.312 e. The van der Waals surface area contributed by atoms with Gasteiger partial charge in [-0.15, -0.1) is 0 Å². The van der Waals surface area contributed by atoms with Crippen LogP contribution < -0.4 is 5.32 Å². The van der Waals surface area contributed by atoms with Crippen LogP contribution in [0.5, 0.6) is 0 Å². The van der Waals surface area contributed by atoms with E-state index in [-0.39, 0.29) is 0 Å². The van der Waals surface area contributed by atoms with Gasteiger partial charge in [-0.1, -0.05) is 63.4 Å². The average molecular weight is 359 g/mol. The molecule has 0 radical (unpaired) electrons. The number of rotatable bonds is 5. The molecule has 0 amide bonds. The van der Waals surface area contributed by atoms with Crippen molar-refractivity contribution in [3.05, 3.63) is 68.1 Å². The second-order valence-corrected chi connectivity index (χ2v) is 5.95. The molecule has 0 spiro atoms. The Morgan fingerprint density at radius 3 is 2.53 bits per heavy atom. The Balaban J connectivity index is 1.83. The van der Waals surface area contributed by atoms with Gasteiger partial charge >= 0.3 is 0 Å². The number of benzene rings is 2. The largest absolute Gasteiger partial charge is 0.312 e. The third kappa shape index (κ3) is 4.50. The third-order valence-corrected chi connectivity index (χ3v) is 4.22. The van der Waals surface area contributed by atoms with Crippen molar-refractivity contribution in [1.82, 2.24) is 5.32 Å². The first-order valence-corrected chi connectivity index (χ1v) is 7.60. The maximum absolute atomic E-state index is 6.13. The smallest absolute Gasteiger partial charge is 0.0453 e. The van der Waals surface area contributed by atoms with Crippen molar-refractivity contribution in [3.8, 4) is 0 Å². The van der Waals surface area contributed by atoms with E-state index in [9.17, 15) is 0 Å². The minimum atomic E-state index is 0.676. The standard InChI is InChI=1S/C15H14BrCl2N/c16-14-4-2-1-3-12(14)10-19-8-7-11-5-6-13(17)9-15(11)18/h1-6,9,19H,7-8,10H2. The maximum atomic E-state index is 6.13. The summed E-state index contributed by atoms with van der Waals surface area (Å²) in [6.45, 7) is 1.72. The minimum absolute atomic E-state index is 0.676. The van der Waals surface area contributed by atoms with Crippen LogP contribution in [0.4, 0.5) is 0 Å². The molecule has 0 fully saturated rings. The zero-order chi connectivity index (χ0) is 13.7. The van der Waals surface area contributed by atoms with Gasteiger partial charge in [0.25, 0.3) is 0 Å². The van der Waals surface area contributed by atoms with Gasteiger partial charge in [-0.05, 0) is 42.3 Å². The van der Waals surface area contributed by atoms with Gasteiger partial charge in [-0.2, -0.15) is 0 Å². The lowest BCUT2D eigenvalue weighted by atomic mass is 10.1. The predicted octanol–water partition coefficient (Wildman–Crippen LogP) is 5.09. The highest BCUT2D eigenvalue weighted by Crippen LogP contribution is 2.21. The summed E-state index contributed by atoms with van der Waals surface area (Å²) in [6.07, 6.45) is 0.889. The molecular weight excluding hydrogens is 345 g/mol. The zero-order valence-electron chi connectivity index (χ0n) is 10.3. The fourth-order valence-electron chi connectivity index (χ4n) is 1.81. The Morgan fingerprint density at radius 2 is 1.79 bits per heavy atom. The first-order chi connectivity index (χ1) is 9.16. The van der Waals surface area contributed by atoms with E-state index in [1.54, 1.807) is 6.07 Å². The molecule has 1 nitrogen and oxygen atoms in total. The molecule has 2 aromatic rings. The topological polar surface area (TPSA) is 12.0 Å². The molecule has 2 aromatic carbocycles. The molecule has 0 bridgehead atoms. The average Bonchev–Trinajstić information content (AvgIpc) is 2.38. The first-order valence-electron chi connectivity index (χ1n) is 6.05. The van der Waals surface area contributed by atoms with Crippen molar-refractivity contribution in [2.24, 2.45) is 0 Å². The highest BCUT2D eigenvalue weighted by molar-refractivity contribution is 9.10. The van der Waals surface area contributed by atoms with Gasteiger partial charge in [0.15, 0.2) is 0 Å². The van der Waals surface area contributed by atoms with Gasteiger partial charge < -0.3 is 5.32 Å². The molecule has 19 heavy (non-hydrogen) atoms. The van der Waals surface area contributed by atoms with E-state index in [2.05, 4.69) is 27.3 Å². The maximum Gasteiger partial charge on any atom is 0.0453 e. The van der Waals surface area contributed by atoms with E-state index in [1.165, 1.54) is 5.56 Å². The molecule has 0 aliphatic heterocycles. The first kappa shape index (κ1) is 14.9. The molecule has 0 aromatic heterocycles. The van der Waals surface area contributed by atoms with Crippen LogP contribution in [0.2, 0.25) is 10.0 Å². The lowest BCUT2D eigenvalue weighted by Gasteiger charge is -2.08. The number of hydrogen-bond donors (Lipinski definition) is 1. The number of hydrogen-bond acceptors (Lipinski definition) is 1. The summed E-state index contributed by atoms with van der Waals surface area (Å²) < 4.78 is 1.13. The Bertz CT molecular complexity index is 558. The van der Waals surface area contributed by atoms with E-state index < -0.39 is 0 Å². The Hall–Kier alpha value is -0.540. The van der Waals surface area contributed by atoms with Gasteiger partial charge in [0, 0.05) is 21.1 Å². The number of nitrogens with one attached hydrogen (secondary N) is 1. The summed E-state index contributed by atoms with van der Waals surface area (Å²) in [7, 11) is 0. The zero-order valence-corrected chi connectivity index (χ0v) is 13.4. The lowest BCUT2D eigenvalue weighted by molar-refractivity contribution is 0.685. The molecule has 0 saturated carbocycles. The van der Waals surface area contributed by atoms with Crippen molar-refractivity contribution in [2.75, 3.05) is 6.54 Å². The van der Waals surface area contributed by atoms with Crippen LogP contribution >= 0.6 is 39.1 Å². The second-order valence-electron chi connectivity index (χ2n) is 4.25. The van der Waals surface area contributed by atoms with Crippen molar-refractivity contribution >= 4 is 39.1 Å². The molecule has 0 aliphatic carbocycles. The highest BCUT2D eigenvalue weighted by Gasteiger charge is 2.02. The summed E-state index contributed by atoms with van der Waals surface area (Å²) in [5.41, 5.74) is 2.37. The third-order valence-electron chi connectivity index (χ3n) is 2.86. The fraction of sp³-hybridized carbons (Fsp3) is 0.200. The highest BCUT2D eigenvalue weighted by atomic mass is 79.9. The molecule has 100 valence electrons. The molecular formula is C15H14BrCl2N. The lowest BCUT2D eigenvalue weighted by Crippen LogP contribution is -2.17. The normalized spacial score (nSPS) is 10.7. The summed E-state index contributed by atoms with van der Waals surface area (Å²) >= 11 is 15.5. The summed E-state index contributed by atoms with van der Waals surface area (Å²) in [5, 5.41) is 4.82. The Morgan fingerprint density at radius 1 is 1.00 bits per heavy atom. The van der Waals surface area contributed by atoms with E-state index in [4.69, 9.17) is 23.2 Å². The van der Waals surface area contributed by atoms with Gasteiger partial charge in [0.1, 0.15) is 0 Å². The molecule has 2 rings (SSSR count). The quantitative estimate of drug-likeness (QED) is 0.734. The van der Waals surface area contributed by atoms with Gasteiger partial charge in [-0.25, -0.2) is 0 Å². The fourth-order valence-corrected chi connectivity index (χ4v) is 2.74. The summed E-state index contributed by atoms with van der Waals surface area (Å²) in [6, 6.07) is 13.8. The van der Waals surface area contributed by atoms with Crippen LogP contribution in [0, 0.1) is 0 Å². The predicted molar refractivity (Wildman–Crippen MR) is 86.0 cm³/mol. The van der Waals surface area contributed by atoms with E-state index >= 15 is 0 Å². The van der Waals surface area contributed by atoms with Crippen molar-refractivity contribution < 1.29 is 0 Å². The molecule has 0 unspecified atom stereocenters. The SMILES string of the molecule is Clc1ccc(CCNCc2ccccc2Br)c(Cl)c1. The molecule has 0 saturated heterocycles. The van der Waals surface area contributed by atoms with Crippen molar-refractivity contribution in [3.63, 3.8) is 0 Å². The molecule has 1 N–H and O–H groups in total. The van der Waals surface area contributed by atoms with Crippen LogP contribution in [-0.2, 0) is 13.0 Å². The summed E-state index contributed by atoms with van der Waals surface area (Å²) in [4.78, 5) is 0. The van der Waals surface area contributed by atoms with Crippen LogP contribution in [0.15, 0.2) is 46.9 Å². The van der Waals surface area contributed by atoms with E-state index in [0.717, 1.165) is 34.6 Å². The molecule has 0 aliphatic rings. The number of halogens is 3.